The Bertz CT molecular complexity index is 1360. The number of nitrogens with zero attached hydrogens (tertiary/aromatic N) is 3. The summed E-state index contributed by atoms with van der Waals surface area (Å²) in [5.74, 6) is 1.39. The van der Waals surface area contributed by atoms with Crippen molar-refractivity contribution in [2.75, 3.05) is 0 Å². The molecule has 152 valence electrons. The smallest absolute Gasteiger partial charge is 0.219 e. The molecule has 7 nitrogen and oxygen atoms in total. The molecule has 0 spiro atoms. The van der Waals surface area contributed by atoms with E-state index in [0.29, 0.717) is 29.6 Å². The number of rotatable bonds is 5. The first-order valence-electron chi connectivity index (χ1n) is 9.70. The van der Waals surface area contributed by atoms with Crippen LogP contribution in [-0.2, 0) is 6.54 Å². The third kappa shape index (κ3) is 3.94. The molecule has 3 heterocycles. The fourth-order valence-corrected chi connectivity index (χ4v) is 3.31. The van der Waals surface area contributed by atoms with E-state index in [1.54, 1.807) is 24.5 Å². The number of ether oxygens (including phenoxy) is 1. The van der Waals surface area contributed by atoms with E-state index < -0.39 is 0 Å². The van der Waals surface area contributed by atoms with Gasteiger partial charge in [0.1, 0.15) is 16.9 Å². The van der Waals surface area contributed by atoms with E-state index in [9.17, 15) is 5.21 Å². The maximum absolute atomic E-state index is 9.46. The SMILES string of the molecule is ONC(=NCc1ccccn1)c1ccc(Oc2ccc3oc4ccccc4c3c2)nc1. The van der Waals surface area contributed by atoms with Gasteiger partial charge in [-0.25, -0.2) is 4.98 Å². The van der Waals surface area contributed by atoms with E-state index in [-0.39, 0.29) is 0 Å². The van der Waals surface area contributed by atoms with Crippen LogP contribution in [0, 0.1) is 0 Å². The average Bonchev–Trinajstić information content (AvgIpc) is 3.19. The van der Waals surface area contributed by atoms with E-state index in [1.807, 2.05) is 60.7 Å². The van der Waals surface area contributed by atoms with Crippen LogP contribution < -0.4 is 10.2 Å². The van der Waals surface area contributed by atoms with Crippen LogP contribution in [0.5, 0.6) is 11.6 Å². The molecule has 0 saturated carbocycles. The van der Waals surface area contributed by atoms with Gasteiger partial charge >= 0.3 is 0 Å². The largest absolute Gasteiger partial charge is 0.456 e. The summed E-state index contributed by atoms with van der Waals surface area (Å²) in [5, 5.41) is 11.5. The van der Waals surface area contributed by atoms with Crippen molar-refractivity contribution in [2.24, 2.45) is 4.99 Å². The van der Waals surface area contributed by atoms with Crippen LogP contribution in [0.2, 0.25) is 0 Å². The summed E-state index contributed by atoms with van der Waals surface area (Å²) in [4.78, 5) is 12.9. The predicted molar refractivity (Wildman–Crippen MR) is 117 cm³/mol. The Morgan fingerprint density at radius 3 is 2.61 bits per heavy atom. The second-order valence-electron chi connectivity index (χ2n) is 6.84. The van der Waals surface area contributed by atoms with Crippen molar-refractivity contribution < 1.29 is 14.4 Å². The van der Waals surface area contributed by atoms with Crippen molar-refractivity contribution in [1.82, 2.24) is 15.4 Å². The van der Waals surface area contributed by atoms with Gasteiger partial charge in [0.05, 0.1) is 12.2 Å². The number of aliphatic imine (C=N–C) groups is 1. The molecule has 0 bridgehead atoms. The Labute approximate surface area is 177 Å². The molecule has 2 aromatic carbocycles. The summed E-state index contributed by atoms with van der Waals surface area (Å²) in [6.45, 7) is 0.334. The first kappa shape index (κ1) is 18.8. The molecular formula is C24H18N4O3. The van der Waals surface area contributed by atoms with Crippen molar-refractivity contribution in [3.8, 4) is 11.6 Å². The number of hydroxylamine groups is 1. The maximum atomic E-state index is 9.46. The molecule has 0 radical (unpaired) electrons. The summed E-state index contributed by atoms with van der Waals surface area (Å²) in [5.41, 5.74) is 5.19. The highest BCUT2D eigenvalue weighted by molar-refractivity contribution is 6.05. The lowest BCUT2D eigenvalue weighted by atomic mass is 10.1. The number of furan rings is 1. The molecule has 3 aromatic heterocycles. The Balaban J connectivity index is 1.35. The van der Waals surface area contributed by atoms with Gasteiger partial charge in [-0.3, -0.25) is 20.7 Å². The van der Waals surface area contributed by atoms with Gasteiger partial charge in [0, 0.05) is 34.8 Å². The first-order chi connectivity index (χ1) is 15.3. The summed E-state index contributed by atoms with van der Waals surface area (Å²) in [7, 11) is 0. The fraction of sp³-hybridized carbons (Fsp3) is 0.0417. The van der Waals surface area contributed by atoms with Crippen molar-refractivity contribution in [1.29, 1.82) is 0 Å². The molecule has 0 unspecified atom stereocenters. The Kier molecular flexibility index (Phi) is 5.00. The van der Waals surface area contributed by atoms with E-state index in [1.165, 1.54) is 0 Å². The van der Waals surface area contributed by atoms with E-state index in [2.05, 4.69) is 20.4 Å². The van der Waals surface area contributed by atoms with Gasteiger partial charge < -0.3 is 9.15 Å². The first-order valence-corrected chi connectivity index (χ1v) is 9.70. The van der Waals surface area contributed by atoms with Crippen molar-refractivity contribution in [3.05, 3.63) is 96.4 Å². The highest BCUT2D eigenvalue weighted by atomic mass is 16.5. The second kappa shape index (κ2) is 8.25. The highest BCUT2D eigenvalue weighted by Crippen LogP contribution is 2.32. The maximum Gasteiger partial charge on any atom is 0.219 e. The number of hydrogen-bond donors (Lipinski definition) is 2. The molecule has 5 rings (SSSR count). The summed E-state index contributed by atoms with van der Waals surface area (Å²) < 4.78 is 11.8. The number of amidine groups is 1. The number of hydrogen-bond acceptors (Lipinski definition) is 6. The minimum atomic E-state index is 0.302. The van der Waals surface area contributed by atoms with Crippen molar-refractivity contribution in [3.63, 3.8) is 0 Å². The molecule has 0 fully saturated rings. The molecule has 0 saturated heterocycles. The van der Waals surface area contributed by atoms with Crippen LogP contribution in [0.3, 0.4) is 0 Å². The lowest BCUT2D eigenvalue weighted by Gasteiger charge is -2.07. The molecule has 31 heavy (non-hydrogen) atoms. The third-order valence-electron chi connectivity index (χ3n) is 4.81. The van der Waals surface area contributed by atoms with Crippen LogP contribution in [-0.4, -0.2) is 21.0 Å². The fourth-order valence-electron chi connectivity index (χ4n) is 3.31. The van der Waals surface area contributed by atoms with Gasteiger partial charge in [0.15, 0.2) is 5.84 Å². The van der Waals surface area contributed by atoms with E-state index in [0.717, 1.165) is 27.6 Å². The van der Waals surface area contributed by atoms with Gasteiger partial charge in [-0.05, 0) is 42.5 Å². The second-order valence-corrected chi connectivity index (χ2v) is 6.84. The number of para-hydroxylation sites is 1. The van der Waals surface area contributed by atoms with Crippen molar-refractivity contribution >= 4 is 27.8 Å². The van der Waals surface area contributed by atoms with Gasteiger partial charge in [-0.15, -0.1) is 0 Å². The number of aromatic nitrogens is 2. The molecule has 7 heteroatoms. The molecule has 0 aliphatic rings. The van der Waals surface area contributed by atoms with Crippen LogP contribution >= 0.6 is 0 Å². The summed E-state index contributed by atoms with van der Waals surface area (Å²) >= 11 is 0. The van der Waals surface area contributed by atoms with Crippen LogP contribution in [0.15, 0.2) is 94.6 Å². The molecule has 0 aliphatic carbocycles. The molecule has 0 aliphatic heterocycles. The number of fused-ring (bicyclic) bond motifs is 3. The van der Waals surface area contributed by atoms with Crippen LogP contribution in [0.1, 0.15) is 11.3 Å². The Morgan fingerprint density at radius 1 is 0.935 bits per heavy atom. The van der Waals surface area contributed by atoms with E-state index >= 15 is 0 Å². The van der Waals surface area contributed by atoms with Crippen molar-refractivity contribution in [2.45, 2.75) is 6.54 Å². The zero-order chi connectivity index (χ0) is 21.0. The van der Waals surface area contributed by atoms with Crippen LogP contribution in [0.4, 0.5) is 0 Å². The topological polar surface area (TPSA) is 92.8 Å². The number of nitrogens with one attached hydrogen (secondary N) is 1. The standard InChI is InChI=1S/C24H18N4O3/c29-28-24(27-15-17-5-3-4-12-25-17)16-8-11-23(26-14-16)30-18-9-10-22-20(13-18)19-6-1-2-7-21(19)31-22/h1-14,29H,15H2,(H,27,28). The van der Waals surface area contributed by atoms with Gasteiger partial charge in [-0.2, -0.15) is 0 Å². The molecule has 0 amide bonds. The minimum Gasteiger partial charge on any atom is -0.456 e. The predicted octanol–water partition coefficient (Wildman–Crippen LogP) is 5.09. The monoisotopic (exact) mass is 410 g/mol. The molecule has 0 atom stereocenters. The van der Waals surface area contributed by atoms with Gasteiger partial charge in [-0.1, -0.05) is 24.3 Å². The molecular weight excluding hydrogens is 392 g/mol. The summed E-state index contributed by atoms with van der Waals surface area (Å²) in [6.07, 6.45) is 3.29. The van der Waals surface area contributed by atoms with Gasteiger partial charge in [0.25, 0.3) is 0 Å². The quantitative estimate of drug-likeness (QED) is 0.238. The highest BCUT2D eigenvalue weighted by Gasteiger charge is 2.09. The number of pyridine rings is 2. The lowest BCUT2D eigenvalue weighted by molar-refractivity contribution is 0.234. The van der Waals surface area contributed by atoms with Gasteiger partial charge in [0.2, 0.25) is 5.88 Å². The zero-order valence-electron chi connectivity index (χ0n) is 16.4. The normalized spacial score (nSPS) is 11.7. The third-order valence-corrected chi connectivity index (χ3v) is 4.81. The number of benzene rings is 2. The Morgan fingerprint density at radius 2 is 1.81 bits per heavy atom. The minimum absolute atomic E-state index is 0.302. The zero-order valence-corrected chi connectivity index (χ0v) is 16.4. The summed E-state index contributed by atoms with van der Waals surface area (Å²) in [6, 6.07) is 22.6. The molecule has 2 N–H and O–H groups in total. The molecule has 5 aromatic rings. The lowest BCUT2D eigenvalue weighted by Crippen LogP contribution is -2.20. The van der Waals surface area contributed by atoms with Crippen LogP contribution in [0.25, 0.3) is 21.9 Å². The average molecular weight is 410 g/mol. The van der Waals surface area contributed by atoms with E-state index in [4.69, 9.17) is 9.15 Å². The Hall–Kier alpha value is -4.23.